The summed E-state index contributed by atoms with van der Waals surface area (Å²) < 4.78 is 42.2. The lowest BCUT2D eigenvalue weighted by molar-refractivity contribution is -0.136. The fourth-order valence-electron chi connectivity index (χ4n) is 2.22. The molecule has 1 aliphatic rings. The van der Waals surface area contributed by atoms with E-state index in [9.17, 15) is 18.0 Å². The minimum absolute atomic E-state index is 0.0105. The Hall–Kier alpha value is -1.90. The third kappa shape index (κ3) is 6.01. The van der Waals surface area contributed by atoms with Crippen molar-refractivity contribution in [3.8, 4) is 0 Å². The summed E-state index contributed by atoms with van der Waals surface area (Å²) in [4.78, 5) is 21.1. The van der Waals surface area contributed by atoms with Crippen LogP contribution in [0, 0.1) is 0 Å². The number of nitrogens with one attached hydrogen (secondary N) is 1. The quantitative estimate of drug-likeness (QED) is 0.888. The molecule has 0 bridgehead atoms. The highest BCUT2D eigenvalue weighted by atomic mass is 19.4. The highest BCUT2D eigenvalue weighted by Crippen LogP contribution is 2.21. The Morgan fingerprint density at radius 2 is 2.30 bits per heavy atom. The van der Waals surface area contributed by atoms with E-state index in [1.165, 1.54) is 19.2 Å². The van der Waals surface area contributed by atoms with Crippen LogP contribution in [-0.4, -0.2) is 59.3 Å². The maximum atomic E-state index is 12.2. The second-order valence-electron chi connectivity index (χ2n) is 5.33. The minimum atomic E-state index is -4.20. The van der Waals surface area contributed by atoms with Crippen molar-refractivity contribution in [3.05, 3.63) is 18.0 Å². The van der Waals surface area contributed by atoms with E-state index in [1.54, 1.807) is 4.90 Å². The molecule has 0 aliphatic carbocycles. The van der Waals surface area contributed by atoms with E-state index in [2.05, 4.69) is 15.3 Å². The maximum absolute atomic E-state index is 12.2. The van der Waals surface area contributed by atoms with Crippen LogP contribution >= 0.6 is 0 Å². The molecule has 1 N–H and O–H groups in total. The van der Waals surface area contributed by atoms with E-state index in [0.29, 0.717) is 31.9 Å². The number of aryl methyl sites for hydroxylation is 1. The van der Waals surface area contributed by atoms with Gasteiger partial charge in [-0.2, -0.15) is 13.2 Å². The molecule has 2 rings (SSSR count). The fraction of sp³-hybridized carbons (Fsp3) is 0.643. The van der Waals surface area contributed by atoms with E-state index in [1.807, 2.05) is 0 Å². The number of alkyl halides is 3. The van der Waals surface area contributed by atoms with Gasteiger partial charge in [-0.3, -0.25) is 4.79 Å². The first-order chi connectivity index (χ1) is 10.8. The van der Waals surface area contributed by atoms with Gasteiger partial charge in [-0.05, 0) is 12.5 Å². The molecule has 1 aliphatic heterocycles. The molecule has 0 aromatic carbocycles. The van der Waals surface area contributed by atoms with Crippen molar-refractivity contribution in [2.75, 3.05) is 31.6 Å². The predicted molar refractivity (Wildman–Crippen MR) is 76.9 cm³/mol. The van der Waals surface area contributed by atoms with Gasteiger partial charge in [0.05, 0.1) is 12.7 Å². The van der Waals surface area contributed by atoms with E-state index in [-0.39, 0.29) is 24.4 Å². The number of hydrogen-bond acceptors (Lipinski definition) is 5. The highest BCUT2D eigenvalue weighted by molar-refractivity contribution is 5.73. The lowest BCUT2D eigenvalue weighted by atomic mass is 10.2. The molecule has 9 heteroatoms. The zero-order valence-electron chi connectivity index (χ0n) is 12.8. The molecule has 1 saturated heterocycles. The average molecular weight is 332 g/mol. The van der Waals surface area contributed by atoms with Crippen LogP contribution in [0.1, 0.15) is 19.0 Å². The summed E-state index contributed by atoms with van der Waals surface area (Å²) in [5.41, 5.74) is 0.328. The summed E-state index contributed by atoms with van der Waals surface area (Å²) in [5, 5.41) is 2.94. The van der Waals surface area contributed by atoms with Crippen LogP contribution < -0.4 is 5.32 Å². The summed E-state index contributed by atoms with van der Waals surface area (Å²) in [5.74, 6) is 0.247. The zero-order chi connectivity index (χ0) is 16.9. The van der Waals surface area contributed by atoms with Gasteiger partial charge in [0.1, 0.15) is 0 Å². The van der Waals surface area contributed by atoms with Crippen LogP contribution in [-0.2, 0) is 16.0 Å². The molecular weight excluding hydrogens is 313 g/mol. The summed E-state index contributed by atoms with van der Waals surface area (Å²) in [6.07, 6.45) is -4.08. The largest absolute Gasteiger partial charge is 0.389 e. The topological polar surface area (TPSA) is 67.3 Å². The maximum Gasteiger partial charge on any atom is 0.389 e. The summed E-state index contributed by atoms with van der Waals surface area (Å²) in [7, 11) is 0. The SMILES string of the molecule is CC(=O)N1CCO[C@H](CNc2nccc(CCC(F)(F)F)n2)C1. The number of rotatable bonds is 5. The Morgan fingerprint density at radius 1 is 1.52 bits per heavy atom. The minimum Gasteiger partial charge on any atom is -0.373 e. The summed E-state index contributed by atoms with van der Waals surface area (Å²) in [6, 6.07) is 1.46. The molecule has 23 heavy (non-hydrogen) atoms. The fourth-order valence-corrected chi connectivity index (χ4v) is 2.22. The van der Waals surface area contributed by atoms with E-state index < -0.39 is 12.6 Å². The Bertz CT molecular complexity index is 539. The van der Waals surface area contributed by atoms with Gasteiger partial charge in [-0.1, -0.05) is 0 Å². The monoisotopic (exact) mass is 332 g/mol. The number of aromatic nitrogens is 2. The number of ether oxygens (including phenoxy) is 1. The number of morpholine rings is 1. The third-order valence-electron chi connectivity index (χ3n) is 3.45. The number of halogens is 3. The highest BCUT2D eigenvalue weighted by Gasteiger charge is 2.27. The zero-order valence-corrected chi connectivity index (χ0v) is 12.8. The van der Waals surface area contributed by atoms with Crippen molar-refractivity contribution in [1.82, 2.24) is 14.9 Å². The lowest BCUT2D eigenvalue weighted by Gasteiger charge is -2.32. The van der Waals surface area contributed by atoms with Crippen molar-refractivity contribution < 1.29 is 22.7 Å². The van der Waals surface area contributed by atoms with E-state index in [4.69, 9.17) is 4.74 Å². The number of amides is 1. The predicted octanol–water partition coefficient (Wildman–Crippen LogP) is 1.63. The molecule has 0 spiro atoms. The Kier molecular flexibility index (Phi) is 5.75. The van der Waals surface area contributed by atoms with Gasteiger partial charge in [-0.15, -0.1) is 0 Å². The van der Waals surface area contributed by atoms with Crippen molar-refractivity contribution in [1.29, 1.82) is 0 Å². The van der Waals surface area contributed by atoms with Crippen LogP contribution in [0.3, 0.4) is 0 Å². The van der Waals surface area contributed by atoms with Crippen molar-refractivity contribution in [2.24, 2.45) is 0 Å². The molecule has 1 aromatic rings. The van der Waals surface area contributed by atoms with Crippen molar-refractivity contribution >= 4 is 11.9 Å². The molecule has 6 nitrogen and oxygen atoms in total. The molecule has 1 aromatic heterocycles. The van der Waals surface area contributed by atoms with Crippen LogP contribution in [0.5, 0.6) is 0 Å². The Morgan fingerprint density at radius 3 is 3.00 bits per heavy atom. The second kappa shape index (κ2) is 7.58. The molecular formula is C14H19F3N4O2. The Balaban J connectivity index is 1.84. The van der Waals surface area contributed by atoms with Gasteiger partial charge in [-0.25, -0.2) is 9.97 Å². The first-order valence-corrected chi connectivity index (χ1v) is 7.33. The van der Waals surface area contributed by atoms with Gasteiger partial charge < -0.3 is 15.0 Å². The van der Waals surface area contributed by atoms with Crippen molar-refractivity contribution in [3.63, 3.8) is 0 Å². The number of carbonyl (C=O) groups excluding carboxylic acids is 1. The van der Waals surface area contributed by atoms with Gasteiger partial charge in [0, 0.05) is 44.9 Å². The van der Waals surface area contributed by atoms with Crippen LogP contribution in [0.2, 0.25) is 0 Å². The molecule has 1 amide bonds. The number of carbonyl (C=O) groups is 1. The normalized spacial score (nSPS) is 18.8. The smallest absolute Gasteiger partial charge is 0.373 e. The van der Waals surface area contributed by atoms with Crippen LogP contribution in [0.15, 0.2) is 12.3 Å². The number of hydrogen-bond donors (Lipinski definition) is 1. The van der Waals surface area contributed by atoms with E-state index >= 15 is 0 Å². The third-order valence-corrected chi connectivity index (χ3v) is 3.45. The molecule has 128 valence electrons. The first-order valence-electron chi connectivity index (χ1n) is 7.33. The van der Waals surface area contributed by atoms with Gasteiger partial charge >= 0.3 is 6.18 Å². The van der Waals surface area contributed by atoms with Crippen LogP contribution in [0.4, 0.5) is 19.1 Å². The average Bonchev–Trinajstić information content (AvgIpc) is 2.51. The van der Waals surface area contributed by atoms with Crippen LogP contribution in [0.25, 0.3) is 0 Å². The molecule has 0 unspecified atom stereocenters. The van der Waals surface area contributed by atoms with Gasteiger partial charge in [0.25, 0.3) is 0 Å². The molecule has 0 saturated carbocycles. The molecule has 1 fully saturated rings. The molecule has 1 atom stereocenters. The van der Waals surface area contributed by atoms with E-state index in [0.717, 1.165) is 0 Å². The van der Waals surface area contributed by atoms with Crippen molar-refractivity contribution in [2.45, 2.75) is 32.0 Å². The summed E-state index contributed by atoms with van der Waals surface area (Å²) >= 11 is 0. The molecule has 2 heterocycles. The lowest BCUT2D eigenvalue weighted by Crippen LogP contribution is -2.47. The standard InChI is InChI=1S/C14H19F3N4O2/c1-10(22)21-6-7-23-12(9-21)8-19-13-18-5-3-11(20-13)2-4-14(15,16)17/h3,5,12H,2,4,6-9H2,1H3,(H,18,19,20)/t12-/m1/s1. The first kappa shape index (κ1) is 17.5. The number of anilines is 1. The summed E-state index contributed by atoms with van der Waals surface area (Å²) in [6.45, 7) is 3.37. The second-order valence-corrected chi connectivity index (χ2v) is 5.33. The number of nitrogens with zero attached hydrogens (tertiary/aromatic N) is 3. The Labute approximate surface area is 132 Å². The molecule has 0 radical (unpaired) electrons. The van der Waals surface area contributed by atoms with Gasteiger partial charge in [0.15, 0.2) is 0 Å². The van der Waals surface area contributed by atoms with Gasteiger partial charge in [0.2, 0.25) is 11.9 Å².